The third-order valence-electron chi connectivity index (χ3n) is 2.59. The van der Waals surface area contributed by atoms with Crippen molar-refractivity contribution < 1.29 is 13.9 Å². The maximum absolute atomic E-state index is 11.6. The van der Waals surface area contributed by atoms with Crippen LogP contribution >= 0.6 is 0 Å². The Morgan fingerprint density at radius 3 is 2.94 bits per heavy atom. The zero-order chi connectivity index (χ0) is 12.5. The van der Waals surface area contributed by atoms with E-state index in [1.54, 1.807) is 18.2 Å². The fraction of sp³-hybridized carbons (Fsp3) is 0.500. The van der Waals surface area contributed by atoms with E-state index in [0.717, 1.165) is 12.8 Å². The standard InChI is InChI=1S/C14H20O3/c1-3-5-6-7-9-12(4-2)17-14(15)13-10-8-11-16-13/h4,8,10-12H,2-3,5-7,9H2,1H3. The highest BCUT2D eigenvalue weighted by molar-refractivity contribution is 5.86. The molecule has 1 heterocycles. The minimum absolute atomic E-state index is 0.218. The Morgan fingerprint density at radius 1 is 1.53 bits per heavy atom. The van der Waals surface area contributed by atoms with E-state index in [2.05, 4.69) is 13.5 Å². The summed E-state index contributed by atoms with van der Waals surface area (Å²) >= 11 is 0. The van der Waals surface area contributed by atoms with Crippen LogP contribution in [0.3, 0.4) is 0 Å². The van der Waals surface area contributed by atoms with Crippen LogP contribution in [0.1, 0.15) is 49.6 Å². The van der Waals surface area contributed by atoms with Gasteiger partial charge in [-0.15, -0.1) is 0 Å². The molecule has 1 aromatic rings. The van der Waals surface area contributed by atoms with Crippen molar-refractivity contribution in [2.45, 2.75) is 45.1 Å². The molecule has 0 N–H and O–H groups in total. The monoisotopic (exact) mass is 236 g/mol. The van der Waals surface area contributed by atoms with E-state index in [0.29, 0.717) is 0 Å². The number of hydrogen-bond acceptors (Lipinski definition) is 3. The molecule has 1 atom stereocenters. The van der Waals surface area contributed by atoms with Gasteiger partial charge in [-0.05, 0) is 25.0 Å². The number of carbonyl (C=O) groups excluding carboxylic acids is 1. The first-order valence-electron chi connectivity index (χ1n) is 6.15. The van der Waals surface area contributed by atoms with Crippen molar-refractivity contribution in [1.29, 1.82) is 0 Å². The number of hydrogen-bond donors (Lipinski definition) is 0. The van der Waals surface area contributed by atoms with Gasteiger partial charge in [0.15, 0.2) is 0 Å². The summed E-state index contributed by atoms with van der Waals surface area (Å²) in [6.07, 6.45) is 8.38. The lowest BCUT2D eigenvalue weighted by Gasteiger charge is -2.12. The third kappa shape index (κ3) is 4.89. The van der Waals surface area contributed by atoms with Gasteiger partial charge in [0, 0.05) is 0 Å². The molecule has 17 heavy (non-hydrogen) atoms. The molecule has 0 amide bonds. The number of unbranched alkanes of at least 4 members (excludes halogenated alkanes) is 3. The molecule has 3 nitrogen and oxygen atoms in total. The SMILES string of the molecule is C=CC(CCCCCC)OC(=O)c1ccco1. The first kappa shape index (κ1) is 13.6. The highest BCUT2D eigenvalue weighted by atomic mass is 16.6. The van der Waals surface area contributed by atoms with Crippen molar-refractivity contribution in [3.8, 4) is 0 Å². The molecular weight excluding hydrogens is 216 g/mol. The molecule has 94 valence electrons. The average Bonchev–Trinajstić information content (AvgIpc) is 2.86. The van der Waals surface area contributed by atoms with Crippen LogP contribution in [0, 0.1) is 0 Å². The summed E-state index contributed by atoms with van der Waals surface area (Å²) in [4.78, 5) is 11.6. The summed E-state index contributed by atoms with van der Waals surface area (Å²) in [7, 11) is 0. The lowest BCUT2D eigenvalue weighted by molar-refractivity contribution is 0.0340. The summed E-state index contributed by atoms with van der Waals surface area (Å²) in [6.45, 7) is 5.86. The van der Waals surface area contributed by atoms with E-state index in [-0.39, 0.29) is 11.9 Å². The van der Waals surface area contributed by atoms with Gasteiger partial charge in [0.2, 0.25) is 5.76 Å². The van der Waals surface area contributed by atoms with E-state index in [1.165, 1.54) is 25.5 Å². The number of rotatable bonds is 8. The Kier molecular flexibility index (Phi) is 6.15. The molecule has 0 aliphatic carbocycles. The molecule has 0 aliphatic heterocycles. The summed E-state index contributed by atoms with van der Waals surface area (Å²) in [6, 6.07) is 3.26. The predicted octanol–water partition coefficient (Wildman–Crippen LogP) is 3.96. The van der Waals surface area contributed by atoms with E-state index in [9.17, 15) is 4.79 Å². The molecule has 0 aromatic carbocycles. The number of ether oxygens (including phenoxy) is 1. The first-order valence-corrected chi connectivity index (χ1v) is 6.15. The van der Waals surface area contributed by atoms with Gasteiger partial charge in [0.25, 0.3) is 0 Å². The second-order valence-electron chi connectivity index (χ2n) is 4.01. The zero-order valence-corrected chi connectivity index (χ0v) is 10.4. The minimum atomic E-state index is -0.421. The summed E-state index contributed by atoms with van der Waals surface area (Å²) in [5, 5.41) is 0. The smallest absolute Gasteiger partial charge is 0.374 e. The molecule has 1 aromatic heterocycles. The topological polar surface area (TPSA) is 39.4 Å². The normalized spacial score (nSPS) is 12.1. The number of furan rings is 1. The van der Waals surface area contributed by atoms with Gasteiger partial charge in [-0.3, -0.25) is 0 Å². The molecular formula is C14H20O3. The fourth-order valence-corrected chi connectivity index (χ4v) is 1.59. The van der Waals surface area contributed by atoms with Crippen LogP contribution in [0.25, 0.3) is 0 Å². The average molecular weight is 236 g/mol. The number of carbonyl (C=O) groups is 1. The van der Waals surface area contributed by atoms with E-state index >= 15 is 0 Å². The second-order valence-corrected chi connectivity index (χ2v) is 4.01. The molecule has 0 spiro atoms. The summed E-state index contributed by atoms with van der Waals surface area (Å²) in [5.74, 6) is -0.180. The molecule has 0 saturated heterocycles. The Bertz CT molecular complexity index is 327. The minimum Gasteiger partial charge on any atom is -0.457 e. The van der Waals surface area contributed by atoms with Gasteiger partial charge >= 0.3 is 5.97 Å². The van der Waals surface area contributed by atoms with Crippen LogP contribution in [0.4, 0.5) is 0 Å². The molecule has 0 saturated carbocycles. The van der Waals surface area contributed by atoms with Crippen molar-refractivity contribution in [2.75, 3.05) is 0 Å². The van der Waals surface area contributed by atoms with Gasteiger partial charge in [0.1, 0.15) is 6.10 Å². The molecule has 0 fully saturated rings. The van der Waals surface area contributed by atoms with Crippen molar-refractivity contribution >= 4 is 5.97 Å². The maximum atomic E-state index is 11.6. The third-order valence-corrected chi connectivity index (χ3v) is 2.59. The largest absolute Gasteiger partial charge is 0.457 e. The van der Waals surface area contributed by atoms with Crippen LogP contribution in [0.15, 0.2) is 35.5 Å². The molecule has 0 radical (unpaired) electrons. The van der Waals surface area contributed by atoms with Crippen molar-refractivity contribution in [2.24, 2.45) is 0 Å². The summed E-state index contributed by atoms with van der Waals surface area (Å²) in [5.41, 5.74) is 0. The maximum Gasteiger partial charge on any atom is 0.374 e. The van der Waals surface area contributed by atoms with Gasteiger partial charge in [-0.25, -0.2) is 4.79 Å². The molecule has 0 aliphatic rings. The Labute approximate surface area is 102 Å². The van der Waals surface area contributed by atoms with Crippen LogP contribution in [-0.4, -0.2) is 12.1 Å². The highest BCUT2D eigenvalue weighted by Crippen LogP contribution is 2.12. The van der Waals surface area contributed by atoms with Gasteiger partial charge < -0.3 is 9.15 Å². The Hall–Kier alpha value is -1.51. The first-order chi connectivity index (χ1) is 8.27. The zero-order valence-electron chi connectivity index (χ0n) is 10.4. The number of esters is 1. The molecule has 1 rings (SSSR count). The fourth-order valence-electron chi connectivity index (χ4n) is 1.59. The quantitative estimate of drug-likeness (QED) is 0.389. The van der Waals surface area contributed by atoms with Crippen molar-refractivity contribution in [1.82, 2.24) is 0 Å². The summed E-state index contributed by atoms with van der Waals surface area (Å²) < 4.78 is 10.2. The Balaban J connectivity index is 2.31. The van der Waals surface area contributed by atoms with Crippen LogP contribution in [0.5, 0.6) is 0 Å². The van der Waals surface area contributed by atoms with Crippen molar-refractivity contribution in [3.05, 3.63) is 36.8 Å². The van der Waals surface area contributed by atoms with Gasteiger partial charge in [-0.1, -0.05) is 38.8 Å². The van der Waals surface area contributed by atoms with Crippen LogP contribution in [-0.2, 0) is 4.74 Å². The molecule has 1 unspecified atom stereocenters. The van der Waals surface area contributed by atoms with Crippen LogP contribution < -0.4 is 0 Å². The van der Waals surface area contributed by atoms with E-state index in [4.69, 9.17) is 9.15 Å². The van der Waals surface area contributed by atoms with Gasteiger partial charge in [-0.2, -0.15) is 0 Å². The Morgan fingerprint density at radius 2 is 2.35 bits per heavy atom. The van der Waals surface area contributed by atoms with Gasteiger partial charge in [0.05, 0.1) is 6.26 Å². The molecule has 3 heteroatoms. The van der Waals surface area contributed by atoms with E-state index < -0.39 is 5.97 Å². The molecule has 0 bridgehead atoms. The predicted molar refractivity (Wildman–Crippen MR) is 66.9 cm³/mol. The lowest BCUT2D eigenvalue weighted by Crippen LogP contribution is -2.15. The lowest BCUT2D eigenvalue weighted by atomic mass is 10.1. The van der Waals surface area contributed by atoms with Crippen LogP contribution in [0.2, 0.25) is 0 Å². The van der Waals surface area contributed by atoms with Crippen molar-refractivity contribution in [3.63, 3.8) is 0 Å². The highest BCUT2D eigenvalue weighted by Gasteiger charge is 2.14. The van der Waals surface area contributed by atoms with E-state index in [1.807, 2.05) is 0 Å². The second kappa shape index (κ2) is 7.71.